The average Bonchev–Trinajstić information content (AvgIpc) is 3.30. The molecule has 7 heteroatoms. The monoisotopic (exact) mass is 432 g/mol. The number of fused-ring (bicyclic) bond motifs is 1. The Morgan fingerprint density at radius 3 is 2.90 bits per heavy atom. The molecule has 0 aliphatic carbocycles. The number of hydrogen-bond acceptors (Lipinski definition) is 6. The summed E-state index contributed by atoms with van der Waals surface area (Å²) in [6, 6.07) is 10.6. The molecule has 160 valence electrons. The van der Waals surface area contributed by atoms with Gasteiger partial charge in [0.05, 0.1) is 11.4 Å². The van der Waals surface area contributed by atoms with E-state index >= 15 is 0 Å². The van der Waals surface area contributed by atoms with Gasteiger partial charge in [-0.05, 0) is 70.0 Å². The van der Waals surface area contributed by atoms with Crippen LogP contribution in [0.4, 0.5) is 10.9 Å². The van der Waals surface area contributed by atoms with Gasteiger partial charge in [0.2, 0.25) is 0 Å². The summed E-state index contributed by atoms with van der Waals surface area (Å²) in [5.41, 5.74) is 5.86. The van der Waals surface area contributed by atoms with Crippen molar-refractivity contribution in [2.24, 2.45) is 0 Å². The first-order valence-corrected chi connectivity index (χ1v) is 11.7. The van der Waals surface area contributed by atoms with E-state index in [9.17, 15) is 0 Å². The van der Waals surface area contributed by atoms with Crippen molar-refractivity contribution in [3.05, 3.63) is 70.2 Å². The Kier molecular flexibility index (Phi) is 5.46. The Balaban J connectivity index is 1.32. The molecule has 0 bridgehead atoms. The topological polar surface area (TPSA) is 58.4 Å². The normalized spacial score (nSPS) is 17.3. The average molecular weight is 433 g/mol. The first-order valence-electron chi connectivity index (χ1n) is 10.9. The minimum Gasteiger partial charge on any atom is -0.316 e. The molecular formula is C24H28N6S. The number of aromatic nitrogens is 4. The number of nitrogens with one attached hydrogen (secondary N) is 1. The molecule has 31 heavy (non-hydrogen) atoms. The Morgan fingerprint density at radius 1 is 1.16 bits per heavy atom. The van der Waals surface area contributed by atoms with Crippen molar-refractivity contribution in [1.82, 2.24) is 24.3 Å². The summed E-state index contributed by atoms with van der Waals surface area (Å²) in [7, 11) is 0. The van der Waals surface area contributed by atoms with Gasteiger partial charge in [0.25, 0.3) is 0 Å². The van der Waals surface area contributed by atoms with Gasteiger partial charge < -0.3 is 9.72 Å². The summed E-state index contributed by atoms with van der Waals surface area (Å²) >= 11 is 1.65. The van der Waals surface area contributed by atoms with Crippen LogP contribution in [0, 0.1) is 20.8 Å². The lowest BCUT2D eigenvalue weighted by molar-refractivity contribution is 0.195. The Hall–Kier alpha value is -2.77. The van der Waals surface area contributed by atoms with Crippen LogP contribution in [0.25, 0.3) is 5.65 Å². The van der Waals surface area contributed by atoms with Gasteiger partial charge in [0, 0.05) is 42.0 Å². The van der Waals surface area contributed by atoms with Crippen molar-refractivity contribution in [3.63, 3.8) is 0 Å². The van der Waals surface area contributed by atoms with Gasteiger partial charge >= 0.3 is 0 Å². The maximum atomic E-state index is 4.92. The highest BCUT2D eigenvalue weighted by molar-refractivity contribution is 7.15. The van der Waals surface area contributed by atoms with Gasteiger partial charge in [-0.3, -0.25) is 4.90 Å². The third-order valence-electron chi connectivity index (χ3n) is 6.00. The van der Waals surface area contributed by atoms with Crippen LogP contribution >= 0.6 is 11.3 Å². The summed E-state index contributed by atoms with van der Waals surface area (Å²) in [6.07, 6.45) is 6.40. The second kappa shape index (κ2) is 8.40. The molecule has 4 aromatic rings. The molecule has 6 nitrogen and oxygen atoms in total. The summed E-state index contributed by atoms with van der Waals surface area (Å²) in [6.45, 7) is 9.36. The van der Waals surface area contributed by atoms with Gasteiger partial charge in [0.15, 0.2) is 5.13 Å². The number of imidazole rings is 1. The van der Waals surface area contributed by atoms with Crippen molar-refractivity contribution in [2.75, 3.05) is 18.4 Å². The summed E-state index contributed by atoms with van der Waals surface area (Å²) in [5.74, 6) is 1.31. The molecule has 0 unspecified atom stereocenters. The fourth-order valence-corrected chi connectivity index (χ4v) is 5.10. The number of thiazole rings is 1. The molecule has 4 aromatic heterocycles. The van der Waals surface area contributed by atoms with Gasteiger partial charge in [-0.1, -0.05) is 6.07 Å². The van der Waals surface area contributed by atoms with E-state index in [1.807, 2.05) is 12.3 Å². The van der Waals surface area contributed by atoms with Crippen molar-refractivity contribution in [3.8, 4) is 0 Å². The number of aryl methyl sites for hydroxylation is 3. The van der Waals surface area contributed by atoms with E-state index in [-0.39, 0.29) is 0 Å². The highest BCUT2D eigenvalue weighted by Gasteiger charge is 2.24. The van der Waals surface area contributed by atoms with Gasteiger partial charge in [0.1, 0.15) is 11.5 Å². The molecule has 1 atom stereocenters. The van der Waals surface area contributed by atoms with E-state index in [1.165, 1.54) is 29.0 Å². The molecule has 0 saturated carbocycles. The van der Waals surface area contributed by atoms with Crippen LogP contribution in [0.3, 0.4) is 0 Å². The van der Waals surface area contributed by atoms with Crippen LogP contribution in [0.1, 0.15) is 46.3 Å². The molecule has 1 aliphatic rings. The number of anilines is 2. The molecule has 5 heterocycles. The van der Waals surface area contributed by atoms with E-state index in [1.54, 1.807) is 11.3 Å². The molecule has 1 saturated heterocycles. The largest absolute Gasteiger partial charge is 0.316 e. The van der Waals surface area contributed by atoms with Crippen LogP contribution < -0.4 is 5.32 Å². The molecule has 0 aromatic carbocycles. The lowest BCUT2D eigenvalue weighted by atomic mass is 9.94. The molecule has 1 fully saturated rings. The summed E-state index contributed by atoms with van der Waals surface area (Å²) in [4.78, 5) is 17.8. The van der Waals surface area contributed by atoms with Crippen LogP contribution in [-0.4, -0.2) is 37.3 Å². The van der Waals surface area contributed by atoms with Crippen molar-refractivity contribution < 1.29 is 0 Å². The maximum Gasteiger partial charge on any atom is 0.188 e. The van der Waals surface area contributed by atoms with E-state index in [0.29, 0.717) is 5.92 Å². The molecule has 5 rings (SSSR count). The smallest absolute Gasteiger partial charge is 0.188 e. The molecule has 1 N–H and O–H groups in total. The summed E-state index contributed by atoms with van der Waals surface area (Å²) in [5, 5.41) is 4.25. The van der Waals surface area contributed by atoms with Crippen molar-refractivity contribution in [1.29, 1.82) is 0 Å². The highest BCUT2D eigenvalue weighted by atomic mass is 32.1. The standard InChI is InChI=1S/C24H28N6S/c1-16-9-11-30-21(18(3)26-23(30)12-16)15-29-10-5-6-19(14-29)20-7-4-8-22(27-20)28-24-25-13-17(2)31-24/h4,7-9,11-13,19H,5-6,10,14-15H2,1-3H3,(H,25,27,28)/t19-/m1/s1. The first kappa shape index (κ1) is 20.2. The lowest BCUT2D eigenvalue weighted by Crippen LogP contribution is -2.34. The number of piperidine rings is 1. The van der Waals surface area contributed by atoms with E-state index in [2.05, 4.69) is 70.8 Å². The van der Waals surface area contributed by atoms with Crippen LogP contribution in [0.5, 0.6) is 0 Å². The highest BCUT2D eigenvalue weighted by Crippen LogP contribution is 2.29. The Morgan fingerprint density at radius 2 is 2.06 bits per heavy atom. The fourth-order valence-electron chi connectivity index (χ4n) is 4.43. The van der Waals surface area contributed by atoms with Gasteiger partial charge in [-0.15, -0.1) is 11.3 Å². The van der Waals surface area contributed by atoms with E-state index in [4.69, 9.17) is 9.97 Å². The second-order valence-corrected chi connectivity index (χ2v) is 9.73. The third-order valence-corrected chi connectivity index (χ3v) is 6.83. The fraction of sp³-hybridized carbons (Fsp3) is 0.375. The maximum absolute atomic E-state index is 4.92. The summed E-state index contributed by atoms with van der Waals surface area (Å²) < 4.78 is 2.24. The van der Waals surface area contributed by atoms with Crippen LogP contribution in [0.2, 0.25) is 0 Å². The number of hydrogen-bond donors (Lipinski definition) is 1. The number of nitrogens with zero attached hydrogens (tertiary/aromatic N) is 5. The van der Waals surface area contributed by atoms with Gasteiger partial charge in [-0.2, -0.15) is 0 Å². The van der Waals surface area contributed by atoms with E-state index < -0.39 is 0 Å². The third kappa shape index (κ3) is 4.34. The molecule has 1 aliphatic heterocycles. The molecule has 0 amide bonds. The molecule has 0 spiro atoms. The Bertz CT molecular complexity index is 1210. The zero-order chi connectivity index (χ0) is 21.4. The van der Waals surface area contributed by atoms with Crippen LogP contribution in [-0.2, 0) is 6.54 Å². The van der Waals surface area contributed by atoms with Gasteiger partial charge in [-0.25, -0.2) is 15.0 Å². The number of rotatable bonds is 5. The molecular weight excluding hydrogens is 404 g/mol. The quantitative estimate of drug-likeness (QED) is 0.468. The van der Waals surface area contributed by atoms with Crippen molar-refractivity contribution >= 4 is 27.9 Å². The zero-order valence-corrected chi connectivity index (χ0v) is 19.1. The molecule has 0 radical (unpaired) electrons. The van der Waals surface area contributed by atoms with Crippen molar-refractivity contribution in [2.45, 2.75) is 46.1 Å². The van der Waals surface area contributed by atoms with Crippen LogP contribution in [0.15, 0.2) is 42.7 Å². The SMILES string of the molecule is Cc1ccn2c(CN3CCC[C@@H](c4cccc(Nc5ncc(C)s5)n4)C3)c(C)nc2c1. The number of likely N-dealkylation sites (tertiary alicyclic amines) is 1. The minimum atomic E-state index is 0.440. The Labute approximate surface area is 187 Å². The van der Waals surface area contributed by atoms with E-state index in [0.717, 1.165) is 47.6 Å². The second-order valence-electron chi connectivity index (χ2n) is 8.50. The minimum absolute atomic E-state index is 0.440. The predicted octanol–water partition coefficient (Wildman–Crippen LogP) is 5.23. The number of pyridine rings is 2. The predicted molar refractivity (Wildman–Crippen MR) is 126 cm³/mol. The zero-order valence-electron chi connectivity index (χ0n) is 18.3. The lowest BCUT2D eigenvalue weighted by Gasteiger charge is -2.32. The first-order chi connectivity index (χ1) is 15.0.